The fourth-order valence-electron chi connectivity index (χ4n) is 5.92. The lowest BCUT2D eigenvalue weighted by molar-refractivity contribution is -0.147. The van der Waals surface area contributed by atoms with Gasteiger partial charge in [0.15, 0.2) is 0 Å². The van der Waals surface area contributed by atoms with Gasteiger partial charge in [-0.25, -0.2) is 4.79 Å². The number of ether oxygens (including phenoxy) is 1. The first kappa shape index (κ1) is 54.0. The molecule has 0 spiro atoms. The molecule has 2 atom stereocenters. The first-order valence-electron chi connectivity index (χ1n) is 22.5. The third-order valence-electron chi connectivity index (χ3n) is 9.36. The normalized spacial score (nSPS) is 13.3. The van der Waals surface area contributed by atoms with Gasteiger partial charge in [0.1, 0.15) is 12.1 Å². The summed E-state index contributed by atoms with van der Waals surface area (Å²) in [5.41, 5.74) is 0. The molecule has 0 aromatic heterocycles. The predicted octanol–water partition coefficient (Wildman–Crippen LogP) is 11.3. The summed E-state index contributed by atoms with van der Waals surface area (Å²) >= 11 is 0. The molecule has 4 N–H and O–H groups in total. The summed E-state index contributed by atoms with van der Waals surface area (Å²) in [4.78, 5) is 47.4. The third-order valence-corrected chi connectivity index (χ3v) is 9.36. The average molecular weight is 809 g/mol. The number of aliphatic hydroxyl groups excluding tert-OH is 1. The van der Waals surface area contributed by atoms with Crippen LogP contribution in [0, 0.1) is 0 Å². The van der Waals surface area contributed by atoms with E-state index in [-0.39, 0.29) is 30.9 Å². The number of carbonyl (C=O) groups is 4. The smallest absolute Gasteiger partial charge is 0.328 e. The molecule has 9 nitrogen and oxygen atoms in total. The largest absolute Gasteiger partial charge is 0.480 e. The van der Waals surface area contributed by atoms with Gasteiger partial charge in [0.05, 0.1) is 13.2 Å². The minimum Gasteiger partial charge on any atom is -0.480 e. The Morgan fingerprint density at radius 1 is 0.552 bits per heavy atom. The van der Waals surface area contributed by atoms with Gasteiger partial charge < -0.3 is 25.6 Å². The standard InChI is InChI=1S/C49H80N2O7/c1-3-5-7-9-11-13-14-15-16-17-18-19-20-21-22-23-24-25-27-33-37-41-48(55)58-44(38-34-30-26-12-10-8-6-4-2)39-35-31-28-29-32-36-40-46(53)50-42-47(54)51-45(43-52)49(56)57/h5,7,11-13,15-16,18-19,21-22,26,34,38,44-45,52H,3-4,6,8-10,14,17,20,23-25,27-33,35-37,39-43H2,1-2H3,(H,50,53)(H,51,54)(H,56,57)/b7-5-,13-11-,16-15-,19-18-,22-21-,26-12-,38-34-. The number of carbonyl (C=O) groups excluding carboxylic acids is 3. The average Bonchev–Trinajstić information content (AvgIpc) is 3.21. The zero-order valence-electron chi connectivity index (χ0n) is 36.3. The number of unbranched alkanes of at least 4 members (excludes halogenated alkanes) is 13. The molecule has 0 aliphatic carbocycles. The van der Waals surface area contributed by atoms with Gasteiger partial charge in [0.2, 0.25) is 11.8 Å². The molecule has 2 unspecified atom stereocenters. The quantitative estimate of drug-likeness (QED) is 0.0275. The van der Waals surface area contributed by atoms with Crippen LogP contribution in [0.1, 0.15) is 174 Å². The van der Waals surface area contributed by atoms with Crippen LogP contribution in [-0.4, -0.2) is 59.3 Å². The van der Waals surface area contributed by atoms with Crippen LogP contribution >= 0.6 is 0 Å². The molecule has 0 radical (unpaired) electrons. The van der Waals surface area contributed by atoms with E-state index in [1.165, 1.54) is 32.1 Å². The predicted molar refractivity (Wildman–Crippen MR) is 240 cm³/mol. The second-order valence-corrected chi connectivity index (χ2v) is 14.8. The second-order valence-electron chi connectivity index (χ2n) is 14.8. The monoisotopic (exact) mass is 809 g/mol. The Balaban J connectivity index is 4.26. The van der Waals surface area contributed by atoms with Crippen molar-refractivity contribution < 1.29 is 34.1 Å². The number of nitrogens with one attached hydrogen (secondary N) is 2. The number of carboxylic acid groups (broad SMARTS) is 1. The van der Waals surface area contributed by atoms with Crippen molar-refractivity contribution in [3.63, 3.8) is 0 Å². The van der Waals surface area contributed by atoms with Crippen molar-refractivity contribution in [2.24, 2.45) is 0 Å². The topological polar surface area (TPSA) is 142 Å². The minimum atomic E-state index is -1.39. The summed E-state index contributed by atoms with van der Waals surface area (Å²) in [6.07, 6.45) is 54.9. The summed E-state index contributed by atoms with van der Waals surface area (Å²) < 4.78 is 5.92. The van der Waals surface area contributed by atoms with Gasteiger partial charge in [-0.15, -0.1) is 0 Å². The SMILES string of the molecule is CC/C=C\C/C=C\C/C=C\C/C=C\C/C=C\CCCCCCCC(=O)OC(/C=C\C/C=C\CCCCC)CCCCCCCCC(=O)NCC(=O)NC(CO)C(=O)O. The fraction of sp³-hybridized carbons (Fsp3) is 0.633. The van der Waals surface area contributed by atoms with E-state index in [1.54, 1.807) is 0 Å². The first-order valence-corrected chi connectivity index (χ1v) is 22.5. The molecular weight excluding hydrogens is 729 g/mol. The van der Waals surface area contributed by atoms with Crippen LogP contribution < -0.4 is 10.6 Å². The molecule has 2 amide bonds. The van der Waals surface area contributed by atoms with Crippen molar-refractivity contribution in [1.82, 2.24) is 10.6 Å². The van der Waals surface area contributed by atoms with Crippen molar-refractivity contribution in [2.75, 3.05) is 13.2 Å². The maximum absolute atomic E-state index is 12.7. The molecule has 9 heteroatoms. The molecule has 0 aliphatic rings. The van der Waals surface area contributed by atoms with Crippen molar-refractivity contribution in [2.45, 2.75) is 187 Å². The van der Waals surface area contributed by atoms with Crippen molar-refractivity contribution in [1.29, 1.82) is 0 Å². The molecule has 0 heterocycles. The summed E-state index contributed by atoms with van der Waals surface area (Å²) in [5, 5.41) is 22.5. The minimum absolute atomic E-state index is 0.116. The van der Waals surface area contributed by atoms with Gasteiger partial charge in [0, 0.05) is 12.8 Å². The molecular formula is C49H80N2O7. The Morgan fingerprint density at radius 3 is 1.59 bits per heavy atom. The Bertz CT molecular complexity index is 1250. The maximum Gasteiger partial charge on any atom is 0.328 e. The number of carboxylic acids is 1. The third kappa shape index (κ3) is 38.9. The van der Waals surface area contributed by atoms with Crippen LogP contribution in [0.15, 0.2) is 85.1 Å². The number of hydrogen-bond acceptors (Lipinski definition) is 6. The number of aliphatic hydroxyl groups is 1. The van der Waals surface area contributed by atoms with Crippen molar-refractivity contribution >= 4 is 23.8 Å². The maximum atomic E-state index is 12.7. The fourth-order valence-corrected chi connectivity index (χ4v) is 5.92. The highest BCUT2D eigenvalue weighted by Gasteiger charge is 2.18. The molecule has 0 fully saturated rings. The Morgan fingerprint density at radius 2 is 1.03 bits per heavy atom. The lowest BCUT2D eigenvalue weighted by Crippen LogP contribution is -2.47. The highest BCUT2D eigenvalue weighted by molar-refractivity contribution is 5.87. The molecule has 328 valence electrons. The van der Waals surface area contributed by atoms with Crippen LogP contribution in [0.5, 0.6) is 0 Å². The van der Waals surface area contributed by atoms with Gasteiger partial charge >= 0.3 is 11.9 Å². The molecule has 0 aromatic rings. The molecule has 58 heavy (non-hydrogen) atoms. The Hall–Kier alpha value is -3.98. The van der Waals surface area contributed by atoms with E-state index in [0.717, 1.165) is 109 Å². The lowest BCUT2D eigenvalue weighted by Gasteiger charge is -2.15. The molecule has 0 saturated carbocycles. The van der Waals surface area contributed by atoms with Gasteiger partial charge in [0.25, 0.3) is 0 Å². The summed E-state index contributed by atoms with van der Waals surface area (Å²) in [6.45, 7) is 3.32. The molecule has 0 aliphatic heterocycles. The van der Waals surface area contributed by atoms with E-state index in [2.05, 4.69) is 103 Å². The molecule has 0 bridgehead atoms. The van der Waals surface area contributed by atoms with Gasteiger partial charge in [-0.1, -0.05) is 151 Å². The van der Waals surface area contributed by atoms with Crippen molar-refractivity contribution in [3.8, 4) is 0 Å². The summed E-state index contributed by atoms with van der Waals surface area (Å²) in [5.74, 6) is -2.38. The molecule has 0 rings (SSSR count). The van der Waals surface area contributed by atoms with Crippen LogP contribution in [0.3, 0.4) is 0 Å². The van der Waals surface area contributed by atoms with Crippen LogP contribution in [0.2, 0.25) is 0 Å². The van der Waals surface area contributed by atoms with Gasteiger partial charge in [-0.05, 0) is 96.0 Å². The van der Waals surface area contributed by atoms with E-state index in [0.29, 0.717) is 12.8 Å². The number of rotatable bonds is 39. The summed E-state index contributed by atoms with van der Waals surface area (Å²) in [7, 11) is 0. The molecule has 0 saturated heterocycles. The number of allylic oxidation sites excluding steroid dienone is 13. The van der Waals surface area contributed by atoms with Crippen LogP contribution in [0.25, 0.3) is 0 Å². The van der Waals surface area contributed by atoms with Crippen molar-refractivity contribution in [3.05, 3.63) is 85.1 Å². The van der Waals surface area contributed by atoms with E-state index in [9.17, 15) is 19.2 Å². The van der Waals surface area contributed by atoms with E-state index >= 15 is 0 Å². The zero-order valence-corrected chi connectivity index (χ0v) is 36.3. The summed E-state index contributed by atoms with van der Waals surface area (Å²) in [6, 6.07) is -1.39. The number of hydrogen-bond donors (Lipinski definition) is 4. The van der Waals surface area contributed by atoms with Gasteiger partial charge in [-0.3, -0.25) is 14.4 Å². The van der Waals surface area contributed by atoms with Crippen LogP contribution in [0.4, 0.5) is 0 Å². The van der Waals surface area contributed by atoms with E-state index in [1.807, 2.05) is 6.08 Å². The lowest BCUT2D eigenvalue weighted by atomic mass is 10.1. The van der Waals surface area contributed by atoms with E-state index in [4.69, 9.17) is 14.9 Å². The Kier molecular flexibility index (Phi) is 39.7. The molecule has 0 aromatic carbocycles. The number of aliphatic carboxylic acids is 1. The second kappa shape index (κ2) is 42.6. The van der Waals surface area contributed by atoms with E-state index < -0.39 is 24.5 Å². The Labute approximate surface area is 352 Å². The van der Waals surface area contributed by atoms with Crippen LogP contribution in [-0.2, 0) is 23.9 Å². The highest BCUT2D eigenvalue weighted by Crippen LogP contribution is 2.15. The number of esters is 1. The van der Waals surface area contributed by atoms with Gasteiger partial charge in [-0.2, -0.15) is 0 Å². The first-order chi connectivity index (χ1) is 28.3. The zero-order chi connectivity index (χ0) is 42.6. The number of amides is 2. The highest BCUT2D eigenvalue weighted by atomic mass is 16.5.